The zero-order chi connectivity index (χ0) is 33.3. The van der Waals surface area contributed by atoms with Crippen molar-refractivity contribution < 1.29 is 23.3 Å². The van der Waals surface area contributed by atoms with Gasteiger partial charge in [0.25, 0.3) is 11.8 Å². The van der Waals surface area contributed by atoms with Crippen LogP contribution in [0.2, 0.25) is 0 Å². The van der Waals surface area contributed by atoms with Crippen LogP contribution < -0.4 is 16.0 Å². The molecule has 3 N–H and O–H groups in total. The van der Waals surface area contributed by atoms with Crippen LogP contribution in [0.4, 0.5) is 11.5 Å². The molecular formula is C38H30N4O5S. The summed E-state index contributed by atoms with van der Waals surface area (Å²) < 4.78 is 11.1. The van der Waals surface area contributed by atoms with E-state index in [1.165, 1.54) is 17.8 Å². The summed E-state index contributed by atoms with van der Waals surface area (Å²) in [6.07, 6.45) is 1.49. The van der Waals surface area contributed by atoms with E-state index < -0.39 is 17.1 Å². The minimum absolute atomic E-state index is 0.000159. The molecule has 0 saturated carbocycles. The first-order valence-electron chi connectivity index (χ1n) is 15.0. The van der Waals surface area contributed by atoms with Crippen molar-refractivity contribution in [1.29, 1.82) is 0 Å². The molecule has 3 amide bonds. The van der Waals surface area contributed by atoms with Gasteiger partial charge in [0.05, 0.1) is 0 Å². The second-order valence-electron chi connectivity index (χ2n) is 10.6. The van der Waals surface area contributed by atoms with Crippen LogP contribution in [-0.2, 0) is 9.59 Å². The summed E-state index contributed by atoms with van der Waals surface area (Å²) in [4.78, 5) is 40.7. The van der Waals surface area contributed by atoms with Crippen LogP contribution in [0.3, 0.4) is 0 Å². The van der Waals surface area contributed by atoms with Crippen LogP contribution in [0.25, 0.3) is 17.4 Å². The molecule has 0 bridgehead atoms. The number of anilines is 2. The van der Waals surface area contributed by atoms with Crippen molar-refractivity contribution in [3.8, 4) is 11.3 Å². The van der Waals surface area contributed by atoms with E-state index in [0.717, 1.165) is 16.0 Å². The standard InChI is InChI=1S/C38H30N4O5S/c1-25-23-34(42-47-25)41-38(45)35(27-13-7-3-8-14-27)48-31-20-17-29(18-21-31)39-37(44)32(40-36(43)28-15-9-4-10-16-28)24-30-19-22-33(46-30)26-11-5-2-6-12-26/h2-24,35H,1H3,(H,39,44)(H,40,43)(H,41,42,45)/b32-24+/t35-/m1/s1. The smallest absolute Gasteiger partial charge is 0.272 e. The number of nitrogens with zero attached hydrogens (tertiary/aromatic N) is 1. The largest absolute Gasteiger partial charge is 0.457 e. The lowest BCUT2D eigenvalue weighted by atomic mass is 10.1. The van der Waals surface area contributed by atoms with E-state index in [1.807, 2.05) is 84.9 Å². The fourth-order valence-corrected chi connectivity index (χ4v) is 5.77. The third kappa shape index (κ3) is 8.17. The van der Waals surface area contributed by atoms with E-state index in [9.17, 15) is 14.4 Å². The Kier molecular flexibility index (Phi) is 9.93. The minimum atomic E-state index is -0.583. The van der Waals surface area contributed by atoms with Crippen molar-refractivity contribution in [3.63, 3.8) is 0 Å². The van der Waals surface area contributed by atoms with Gasteiger partial charge in [-0.3, -0.25) is 14.4 Å². The lowest BCUT2D eigenvalue weighted by Gasteiger charge is -2.16. The Balaban J connectivity index is 1.19. The molecule has 0 saturated heterocycles. The van der Waals surface area contributed by atoms with Gasteiger partial charge in [-0.05, 0) is 61.0 Å². The molecule has 48 heavy (non-hydrogen) atoms. The van der Waals surface area contributed by atoms with Crippen LogP contribution in [-0.4, -0.2) is 22.9 Å². The molecule has 10 heteroatoms. The number of furan rings is 1. The zero-order valence-corrected chi connectivity index (χ0v) is 26.6. The maximum atomic E-state index is 13.6. The maximum Gasteiger partial charge on any atom is 0.272 e. The average molecular weight is 655 g/mol. The van der Waals surface area contributed by atoms with Crippen molar-refractivity contribution in [2.24, 2.45) is 0 Å². The maximum absolute atomic E-state index is 13.6. The third-order valence-corrected chi connectivity index (χ3v) is 8.35. The summed E-state index contributed by atoms with van der Waals surface area (Å²) in [6.45, 7) is 1.75. The summed E-state index contributed by atoms with van der Waals surface area (Å²) in [5, 5.41) is 11.7. The average Bonchev–Trinajstić information content (AvgIpc) is 3.77. The highest BCUT2D eigenvalue weighted by Gasteiger charge is 2.23. The van der Waals surface area contributed by atoms with E-state index in [2.05, 4.69) is 21.1 Å². The summed E-state index contributed by atoms with van der Waals surface area (Å²) in [5.74, 6) is 0.713. The highest BCUT2D eigenvalue weighted by molar-refractivity contribution is 8.00. The molecule has 6 aromatic rings. The number of hydrogen-bond donors (Lipinski definition) is 3. The summed E-state index contributed by atoms with van der Waals surface area (Å²) in [5.41, 5.74) is 2.59. The lowest BCUT2D eigenvalue weighted by Crippen LogP contribution is -2.30. The minimum Gasteiger partial charge on any atom is -0.457 e. The fourth-order valence-electron chi connectivity index (χ4n) is 4.74. The fraction of sp³-hybridized carbons (Fsp3) is 0.0526. The number of aryl methyl sites for hydroxylation is 1. The zero-order valence-electron chi connectivity index (χ0n) is 25.8. The molecule has 238 valence electrons. The number of thioether (sulfide) groups is 1. The first-order chi connectivity index (χ1) is 23.4. The van der Waals surface area contributed by atoms with Gasteiger partial charge >= 0.3 is 0 Å². The molecule has 1 atom stereocenters. The van der Waals surface area contributed by atoms with E-state index in [0.29, 0.717) is 34.3 Å². The number of hydrogen-bond acceptors (Lipinski definition) is 7. The summed E-state index contributed by atoms with van der Waals surface area (Å²) in [6, 6.07) is 39.9. The van der Waals surface area contributed by atoms with E-state index in [-0.39, 0.29) is 11.6 Å². The van der Waals surface area contributed by atoms with Gasteiger partial charge in [0, 0.05) is 33.9 Å². The molecule has 0 aliphatic heterocycles. The van der Waals surface area contributed by atoms with Gasteiger partial charge in [-0.1, -0.05) is 84.0 Å². The van der Waals surface area contributed by atoms with Crippen LogP contribution in [0.15, 0.2) is 153 Å². The quantitative estimate of drug-likeness (QED) is 0.0951. The molecule has 0 radical (unpaired) electrons. The second-order valence-corrected chi connectivity index (χ2v) is 11.8. The number of carbonyl (C=O) groups excluding carboxylic acids is 3. The number of carbonyl (C=O) groups is 3. The summed E-state index contributed by atoms with van der Waals surface area (Å²) >= 11 is 1.35. The Morgan fingerprint density at radius 1 is 0.771 bits per heavy atom. The van der Waals surface area contributed by atoms with Crippen LogP contribution in [0.5, 0.6) is 0 Å². The van der Waals surface area contributed by atoms with E-state index >= 15 is 0 Å². The van der Waals surface area contributed by atoms with Crippen molar-refractivity contribution in [1.82, 2.24) is 10.5 Å². The number of benzene rings is 4. The Labute approximate surface area is 281 Å². The van der Waals surface area contributed by atoms with Gasteiger partial charge in [0.15, 0.2) is 5.82 Å². The second kappa shape index (κ2) is 15.0. The molecule has 0 aliphatic rings. The molecule has 2 heterocycles. The van der Waals surface area contributed by atoms with Crippen molar-refractivity contribution >= 4 is 47.1 Å². The van der Waals surface area contributed by atoms with Gasteiger partial charge in [0.2, 0.25) is 5.91 Å². The van der Waals surface area contributed by atoms with E-state index in [4.69, 9.17) is 8.94 Å². The molecular weight excluding hydrogens is 625 g/mol. The van der Waals surface area contributed by atoms with Gasteiger partial charge in [0.1, 0.15) is 28.2 Å². The van der Waals surface area contributed by atoms with Crippen molar-refractivity contribution in [2.45, 2.75) is 17.1 Å². The molecule has 2 aromatic heterocycles. The Hall–Kier alpha value is -6.13. The predicted molar refractivity (Wildman–Crippen MR) is 186 cm³/mol. The Bertz CT molecular complexity index is 2040. The Morgan fingerprint density at radius 2 is 1.44 bits per heavy atom. The van der Waals surface area contributed by atoms with Crippen LogP contribution in [0, 0.1) is 6.92 Å². The highest BCUT2D eigenvalue weighted by atomic mass is 32.2. The molecule has 0 aliphatic carbocycles. The number of aromatic nitrogens is 1. The molecule has 9 nitrogen and oxygen atoms in total. The summed E-state index contributed by atoms with van der Waals surface area (Å²) in [7, 11) is 0. The van der Waals surface area contributed by atoms with Crippen molar-refractivity contribution in [2.75, 3.05) is 10.6 Å². The molecule has 0 unspecified atom stereocenters. The van der Waals surface area contributed by atoms with Gasteiger partial charge in [-0.25, -0.2) is 0 Å². The molecule has 0 spiro atoms. The van der Waals surface area contributed by atoms with Crippen LogP contribution in [0.1, 0.15) is 32.7 Å². The monoisotopic (exact) mass is 654 g/mol. The molecule has 4 aromatic carbocycles. The lowest BCUT2D eigenvalue weighted by molar-refractivity contribution is -0.116. The van der Waals surface area contributed by atoms with Gasteiger partial charge in [-0.15, -0.1) is 11.8 Å². The Morgan fingerprint density at radius 3 is 2.10 bits per heavy atom. The normalized spacial score (nSPS) is 11.8. The number of amides is 3. The van der Waals surface area contributed by atoms with Gasteiger partial charge in [-0.2, -0.15) is 0 Å². The number of nitrogens with one attached hydrogen (secondary N) is 3. The first-order valence-corrected chi connectivity index (χ1v) is 15.9. The third-order valence-electron chi connectivity index (χ3n) is 7.09. The molecule has 6 rings (SSSR count). The van der Waals surface area contributed by atoms with E-state index in [1.54, 1.807) is 55.5 Å². The first kappa shape index (κ1) is 31.8. The van der Waals surface area contributed by atoms with Crippen LogP contribution >= 0.6 is 11.8 Å². The highest BCUT2D eigenvalue weighted by Crippen LogP contribution is 2.37. The van der Waals surface area contributed by atoms with Crippen molar-refractivity contribution in [3.05, 3.63) is 162 Å². The predicted octanol–water partition coefficient (Wildman–Crippen LogP) is 8.12. The SMILES string of the molecule is Cc1cc(NC(=O)[C@H](Sc2ccc(NC(=O)/C(=C\c3ccc(-c4ccccc4)o3)NC(=O)c3ccccc3)cc2)c2ccccc2)no1. The molecule has 0 fully saturated rings. The van der Waals surface area contributed by atoms with Gasteiger partial charge < -0.3 is 24.9 Å². The number of rotatable bonds is 11. The topological polar surface area (TPSA) is 126 Å².